The van der Waals surface area contributed by atoms with Crippen LogP contribution in [0.4, 0.5) is 5.69 Å². The van der Waals surface area contributed by atoms with E-state index in [2.05, 4.69) is 38.1 Å². The number of methoxy groups -OCH3 is 1. The molecular formula is C18H22BrN3O3. The van der Waals surface area contributed by atoms with Crippen LogP contribution in [0.5, 0.6) is 0 Å². The van der Waals surface area contributed by atoms with Crippen LogP contribution in [0.15, 0.2) is 22.7 Å². The molecule has 7 heteroatoms. The van der Waals surface area contributed by atoms with E-state index in [0.717, 1.165) is 34.8 Å². The number of hydrogen-bond donors (Lipinski definition) is 2. The Kier molecular flexibility index (Phi) is 5.44. The molecule has 1 amide bonds. The molecule has 6 nitrogen and oxygen atoms in total. The van der Waals surface area contributed by atoms with Gasteiger partial charge in [0.15, 0.2) is 0 Å². The number of fused-ring (bicyclic) bond motifs is 1. The van der Waals surface area contributed by atoms with Gasteiger partial charge in [-0.05, 0) is 44.5 Å². The number of halogens is 1. The van der Waals surface area contributed by atoms with Gasteiger partial charge in [0, 0.05) is 21.4 Å². The van der Waals surface area contributed by atoms with Crippen molar-refractivity contribution >= 4 is 44.4 Å². The number of anilines is 1. The van der Waals surface area contributed by atoms with E-state index >= 15 is 0 Å². The summed E-state index contributed by atoms with van der Waals surface area (Å²) in [5.74, 6) is -0.631. The predicted molar refractivity (Wildman–Crippen MR) is 101 cm³/mol. The molecule has 3 rings (SSSR count). The Balaban J connectivity index is 1.87. The maximum atomic E-state index is 12.6. The number of nitrogens with one attached hydrogen (secondary N) is 2. The number of carbonyl (C=O) groups excluding carboxylic acids is 2. The minimum absolute atomic E-state index is 0.125. The van der Waals surface area contributed by atoms with Crippen LogP contribution in [0, 0.1) is 0 Å². The first-order valence-electron chi connectivity index (χ1n) is 8.43. The fourth-order valence-corrected chi connectivity index (χ4v) is 3.67. The smallest absolute Gasteiger partial charge is 0.356 e. The molecular weight excluding hydrogens is 386 g/mol. The van der Waals surface area contributed by atoms with Gasteiger partial charge in [-0.15, -0.1) is 0 Å². The first kappa shape index (κ1) is 17.9. The van der Waals surface area contributed by atoms with Gasteiger partial charge in [-0.25, -0.2) is 4.79 Å². The van der Waals surface area contributed by atoms with E-state index in [4.69, 9.17) is 4.74 Å². The topological polar surface area (TPSA) is 74.4 Å². The molecule has 25 heavy (non-hydrogen) atoms. The number of hydrogen-bond acceptors (Lipinski definition) is 4. The van der Waals surface area contributed by atoms with Crippen molar-refractivity contribution in [1.82, 2.24) is 9.88 Å². The van der Waals surface area contributed by atoms with Gasteiger partial charge in [0.25, 0.3) is 0 Å². The number of aromatic nitrogens is 1. The highest BCUT2D eigenvalue weighted by atomic mass is 79.9. The summed E-state index contributed by atoms with van der Waals surface area (Å²) < 4.78 is 5.71. The highest BCUT2D eigenvalue weighted by Crippen LogP contribution is 2.31. The van der Waals surface area contributed by atoms with Crippen LogP contribution in [0.1, 0.15) is 36.7 Å². The molecule has 2 N–H and O–H groups in total. The molecule has 0 bridgehead atoms. The zero-order valence-corrected chi connectivity index (χ0v) is 16.0. The summed E-state index contributed by atoms with van der Waals surface area (Å²) in [5, 5.41) is 3.68. The third-order valence-electron chi connectivity index (χ3n) is 4.70. The van der Waals surface area contributed by atoms with E-state index in [1.54, 1.807) is 0 Å². The molecule has 2 heterocycles. The van der Waals surface area contributed by atoms with Gasteiger partial charge in [-0.2, -0.15) is 0 Å². The number of esters is 1. The molecule has 1 fully saturated rings. The maximum Gasteiger partial charge on any atom is 0.356 e. The summed E-state index contributed by atoms with van der Waals surface area (Å²) in [6.07, 6.45) is 3.44. The van der Waals surface area contributed by atoms with E-state index in [9.17, 15) is 9.59 Å². The van der Waals surface area contributed by atoms with Crippen molar-refractivity contribution < 1.29 is 14.3 Å². The quantitative estimate of drug-likeness (QED) is 0.760. The molecule has 0 aliphatic carbocycles. The summed E-state index contributed by atoms with van der Waals surface area (Å²) in [6.45, 7) is 3.40. The molecule has 1 aliphatic rings. The Hall–Kier alpha value is -1.86. The Morgan fingerprint density at radius 2 is 2.20 bits per heavy atom. The van der Waals surface area contributed by atoms with Crippen LogP contribution in [0.25, 0.3) is 10.9 Å². The lowest BCUT2D eigenvalue weighted by molar-refractivity contribution is -0.118. The molecule has 134 valence electrons. The second-order valence-electron chi connectivity index (χ2n) is 6.42. The number of likely N-dealkylation sites (tertiary alicyclic amines) is 1. The molecule has 0 unspecified atom stereocenters. The zero-order chi connectivity index (χ0) is 18.0. The molecule has 1 aromatic heterocycles. The zero-order valence-electron chi connectivity index (χ0n) is 14.4. The molecule has 0 saturated carbocycles. The molecule has 1 saturated heterocycles. The summed E-state index contributed by atoms with van der Waals surface area (Å²) in [7, 11) is 1.32. The van der Waals surface area contributed by atoms with Gasteiger partial charge in [0.05, 0.1) is 19.3 Å². The molecule has 0 spiro atoms. The lowest BCUT2D eigenvalue weighted by Crippen LogP contribution is -2.42. The molecule has 1 aliphatic heterocycles. The number of carbonyl (C=O) groups is 2. The third-order valence-corrected chi connectivity index (χ3v) is 5.20. The lowest BCUT2D eigenvalue weighted by Gasteiger charge is -2.32. The number of nitrogens with zero attached hydrogens (tertiary/aromatic N) is 1. The van der Waals surface area contributed by atoms with Gasteiger partial charge < -0.3 is 15.0 Å². The highest BCUT2D eigenvalue weighted by Gasteiger charge is 2.24. The Bertz CT molecular complexity index is 802. The van der Waals surface area contributed by atoms with Gasteiger partial charge >= 0.3 is 5.97 Å². The number of rotatable bonds is 4. The van der Waals surface area contributed by atoms with Crippen molar-refractivity contribution in [2.24, 2.45) is 0 Å². The third kappa shape index (κ3) is 3.88. The van der Waals surface area contributed by atoms with E-state index in [1.165, 1.54) is 13.5 Å². The fraction of sp³-hybridized carbons (Fsp3) is 0.444. The molecule has 1 aromatic carbocycles. The first-order chi connectivity index (χ1) is 12.0. The standard InChI is InChI=1S/C18H22BrN3O3/c1-11-5-3-4-8-22(11)10-15(23)21-16-13-9-12(19)6-7-14(13)20-17(16)18(24)25-2/h6-7,9,11,20H,3-5,8,10H2,1-2H3,(H,21,23)/t11-/m0/s1. The highest BCUT2D eigenvalue weighted by molar-refractivity contribution is 9.10. The van der Waals surface area contributed by atoms with Crippen LogP contribution < -0.4 is 5.32 Å². The van der Waals surface area contributed by atoms with E-state index in [0.29, 0.717) is 18.3 Å². The average Bonchev–Trinajstić information content (AvgIpc) is 2.94. The summed E-state index contributed by atoms with van der Waals surface area (Å²) >= 11 is 3.43. The van der Waals surface area contributed by atoms with Crippen molar-refractivity contribution in [3.05, 3.63) is 28.4 Å². The summed E-state index contributed by atoms with van der Waals surface area (Å²) in [4.78, 5) is 29.9. The van der Waals surface area contributed by atoms with Crippen LogP contribution in [0.2, 0.25) is 0 Å². The number of piperidine rings is 1. The van der Waals surface area contributed by atoms with Crippen LogP contribution >= 0.6 is 15.9 Å². The van der Waals surface area contributed by atoms with E-state index < -0.39 is 5.97 Å². The average molecular weight is 408 g/mol. The largest absolute Gasteiger partial charge is 0.464 e. The van der Waals surface area contributed by atoms with Crippen molar-refractivity contribution in [2.45, 2.75) is 32.2 Å². The fourth-order valence-electron chi connectivity index (χ4n) is 3.31. The van der Waals surface area contributed by atoms with Crippen molar-refractivity contribution in [1.29, 1.82) is 0 Å². The van der Waals surface area contributed by atoms with Crippen molar-refractivity contribution in [3.8, 4) is 0 Å². The number of H-pyrrole nitrogens is 1. The van der Waals surface area contributed by atoms with E-state index in [1.807, 2.05) is 18.2 Å². The summed E-state index contributed by atoms with van der Waals surface area (Å²) in [6, 6.07) is 6.00. The Morgan fingerprint density at radius 1 is 1.40 bits per heavy atom. The lowest BCUT2D eigenvalue weighted by atomic mass is 10.0. The number of amides is 1. The monoisotopic (exact) mass is 407 g/mol. The van der Waals surface area contributed by atoms with Gasteiger partial charge in [-0.1, -0.05) is 22.4 Å². The van der Waals surface area contributed by atoms with E-state index in [-0.39, 0.29) is 11.6 Å². The molecule has 0 radical (unpaired) electrons. The Morgan fingerprint density at radius 3 is 2.92 bits per heavy atom. The molecule has 2 aromatic rings. The van der Waals surface area contributed by atoms with Gasteiger partial charge in [-0.3, -0.25) is 9.69 Å². The minimum atomic E-state index is -0.506. The van der Waals surface area contributed by atoms with Crippen LogP contribution in [-0.4, -0.2) is 48.0 Å². The van der Waals surface area contributed by atoms with Crippen LogP contribution in [0.3, 0.4) is 0 Å². The second-order valence-corrected chi connectivity index (χ2v) is 7.34. The normalized spacial score (nSPS) is 18.3. The predicted octanol–water partition coefficient (Wildman–Crippen LogP) is 3.53. The maximum absolute atomic E-state index is 12.6. The van der Waals surface area contributed by atoms with Gasteiger partial charge in [0.1, 0.15) is 5.69 Å². The van der Waals surface area contributed by atoms with Crippen LogP contribution in [-0.2, 0) is 9.53 Å². The second kappa shape index (κ2) is 7.58. The number of aromatic amines is 1. The minimum Gasteiger partial charge on any atom is -0.464 e. The number of ether oxygens (including phenoxy) is 1. The SMILES string of the molecule is COC(=O)c1[nH]c2ccc(Br)cc2c1NC(=O)CN1CCCC[C@@H]1C. The summed E-state index contributed by atoms with van der Waals surface area (Å²) in [5.41, 5.74) is 1.50. The number of benzene rings is 1. The van der Waals surface area contributed by atoms with Crippen molar-refractivity contribution in [3.63, 3.8) is 0 Å². The van der Waals surface area contributed by atoms with Gasteiger partial charge in [0.2, 0.25) is 5.91 Å². The first-order valence-corrected chi connectivity index (χ1v) is 9.22. The molecule has 1 atom stereocenters. The Labute approximate surface area is 155 Å². The van der Waals surface area contributed by atoms with Crippen molar-refractivity contribution in [2.75, 3.05) is 25.5 Å².